The van der Waals surface area contributed by atoms with E-state index in [2.05, 4.69) is 10.1 Å². The predicted molar refractivity (Wildman–Crippen MR) is 99.2 cm³/mol. The fourth-order valence-electron chi connectivity index (χ4n) is 3.89. The molecule has 0 saturated heterocycles. The van der Waals surface area contributed by atoms with Gasteiger partial charge in [-0.05, 0) is 37.2 Å². The lowest BCUT2D eigenvalue weighted by Gasteiger charge is -2.36. The first kappa shape index (κ1) is 17.5. The van der Waals surface area contributed by atoms with Gasteiger partial charge in [-0.15, -0.1) is 0 Å². The van der Waals surface area contributed by atoms with E-state index in [1.165, 1.54) is 0 Å². The van der Waals surface area contributed by atoms with E-state index >= 15 is 0 Å². The van der Waals surface area contributed by atoms with Gasteiger partial charge in [-0.1, -0.05) is 17.3 Å². The minimum atomic E-state index is -0.0938. The molecule has 0 amide bonds. The molecule has 0 unspecified atom stereocenters. The average molecular weight is 370 g/mol. The highest BCUT2D eigenvalue weighted by Gasteiger charge is 2.35. The van der Waals surface area contributed by atoms with Crippen molar-refractivity contribution in [3.05, 3.63) is 47.0 Å². The SMILES string of the molecule is COc1c2c(cc3c1[C@H](C/C(=N\O)c1ccccc1O)N(C)CC3)OCO2. The Labute approximate surface area is 157 Å². The number of phenols is 1. The Morgan fingerprint density at radius 3 is 2.89 bits per heavy atom. The largest absolute Gasteiger partial charge is 0.507 e. The molecule has 0 bridgehead atoms. The topological polar surface area (TPSA) is 83.8 Å². The van der Waals surface area contributed by atoms with Gasteiger partial charge in [0.2, 0.25) is 12.5 Å². The molecule has 4 rings (SSSR count). The van der Waals surface area contributed by atoms with Crippen LogP contribution in [-0.2, 0) is 6.42 Å². The van der Waals surface area contributed by atoms with Crippen LogP contribution in [-0.4, -0.2) is 48.4 Å². The molecule has 1 atom stereocenters. The third kappa shape index (κ3) is 2.94. The van der Waals surface area contributed by atoms with Crippen LogP contribution in [0.4, 0.5) is 0 Å². The third-order valence-electron chi connectivity index (χ3n) is 5.27. The normalized spacial score (nSPS) is 19.0. The van der Waals surface area contributed by atoms with Crippen molar-refractivity contribution in [1.82, 2.24) is 4.90 Å². The van der Waals surface area contributed by atoms with E-state index in [1.807, 2.05) is 13.1 Å². The van der Waals surface area contributed by atoms with Gasteiger partial charge in [0.15, 0.2) is 11.5 Å². The van der Waals surface area contributed by atoms with Crippen molar-refractivity contribution >= 4 is 5.71 Å². The van der Waals surface area contributed by atoms with E-state index in [0.29, 0.717) is 34.9 Å². The lowest BCUT2D eigenvalue weighted by molar-refractivity contribution is 0.170. The van der Waals surface area contributed by atoms with Crippen LogP contribution in [0.25, 0.3) is 0 Å². The molecule has 2 aromatic rings. The van der Waals surface area contributed by atoms with Crippen LogP contribution in [0.1, 0.15) is 29.2 Å². The number of hydrogen-bond donors (Lipinski definition) is 2. The summed E-state index contributed by atoms with van der Waals surface area (Å²) >= 11 is 0. The Morgan fingerprint density at radius 1 is 1.33 bits per heavy atom. The Kier molecular flexibility index (Phi) is 4.53. The molecule has 0 saturated carbocycles. The summed E-state index contributed by atoms with van der Waals surface area (Å²) in [6.45, 7) is 1.02. The van der Waals surface area contributed by atoms with Crippen LogP contribution in [0.3, 0.4) is 0 Å². The quantitative estimate of drug-likeness (QED) is 0.489. The Balaban J connectivity index is 1.78. The summed E-state index contributed by atoms with van der Waals surface area (Å²) in [5, 5.41) is 23.3. The van der Waals surface area contributed by atoms with Gasteiger partial charge in [0.1, 0.15) is 5.75 Å². The van der Waals surface area contributed by atoms with Crippen molar-refractivity contribution in [2.45, 2.75) is 18.9 Å². The summed E-state index contributed by atoms with van der Waals surface area (Å²) in [6.07, 6.45) is 1.27. The number of para-hydroxylation sites is 1. The number of methoxy groups -OCH3 is 1. The highest BCUT2D eigenvalue weighted by atomic mass is 16.7. The van der Waals surface area contributed by atoms with Crippen LogP contribution < -0.4 is 14.2 Å². The van der Waals surface area contributed by atoms with Gasteiger partial charge in [-0.3, -0.25) is 4.90 Å². The monoisotopic (exact) mass is 370 g/mol. The summed E-state index contributed by atoms with van der Waals surface area (Å²) in [5.41, 5.74) is 3.07. The van der Waals surface area contributed by atoms with Crippen molar-refractivity contribution < 1.29 is 24.5 Å². The second kappa shape index (κ2) is 7.00. The molecule has 0 aromatic heterocycles. The van der Waals surface area contributed by atoms with Crippen LogP contribution >= 0.6 is 0 Å². The zero-order valence-corrected chi connectivity index (χ0v) is 15.3. The lowest BCUT2D eigenvalue weighted by Crippen LogP contribution is -2.34. The van der Waals surface area contributed by atoms with E-state index in [1.54, 1.807) is 31.4 Å². The third-order valence-corrected chi connectivity index (χ3v) is 5.27. The van der Waals surface area contributed by atoms with Gasteiger partial charge in [0, 0.05) is 30.1 Å². The van der Waals surface area contributed by atoms with Crippen LogP contribution in [0.2, 0.25) is 0 Å². The predicted octanol–water partition coefficient (Wildman–Crippen LogP) is 2.93. The summed E-state index contributed by atoms with van der Waals surface area (Å²) in [4.78, 5) is 2.19. The number of rotatable bonds is 4. The van der Waals surface area contributed by atoms with Crippen LogP contribution in [0.5, 0.6) is 23.0 Å². The first-order chi connectivity index (χ1) is 13.1. The molecule has 0 radical (unpaired) electrons. The fourth-order valence-corrected chi connectivity index (χ4v) is 3.89. The minimum Gasteiger partial charge on any atom is -0.507 e. The molecule has 7 nitrogen and oxygen atoms in total. The molecule has 7 heteroatoms. The second-order valence-corrected chi connectivity index (χ2v) is 6.73. The van der Waals surface area contributed by atoms with Gasteiger partial charge in [-0.2, -0.15) is 0 Å². The van der Waals surface area contributed by atoms with Crippen LogP contribution in [0.15, 0.2) is 35.5 Å². The van der Waals surface area contributed by atoms with Crippen molar-refractivity contribution in [1.29, 1.82) is 0 Å². The molecule has 0 aliphatic carbocycles. The Bertz CT molecular complexity index is 896. The molecule has 2 aromatic carbocycles. The van der Waals surface area contributed by atoms with Gasteiger partial charge in [-0.25, -0.2) is 0 Å². The molecule has 2 heterocycles. The van der Waals surface area contributed by atoms with Gasteiger partial charge >= 0.3 is 0 Å². The maximum absolute atomic E-state index is 10.2. The zero-order chi connectivity index (χ0) is 19.0. The van der Waals surface area contributed by atoms with Crippen molar-refractivity contribution in [3.63, 3.8) is 0 Å². The standard InChI is InChI=1S/C20H22N2O5/c1-22-8-7-12-9-17-19(27-11-26-17)20(25-2)18(12)15(22)10-14(21-24)13-5-3-4-6-16(13)23/h3-6,9,15,23-24H,7-8,10-11H2,1-2H3/b21-14+/t15-/m0/s1. The molecule has 0 spiro atoms. The average Bonchev–Trinajstić information content (AvgIpc) is 3.15. The molecular weight excluding hydrogens is 348 g/mol. The Morgan fingerprint density at radius 2 is 2.15 bits per heavy atom. The minimum absolute atomic E-state index is 0.0848. The number of hydrogen-bond acceptors (Lipinski definition) is 7. The molecule has 27 heavy (non-hydrogen) atoms. The van der Waals surface area contributed by atoms with E-state index in [4.69, 9.17) is 14.2 Å². The smallest absolute Gasteiger partial charge is 0.231 e. The second-order valence-electron chi connectivity index (χ2n) is 6.73. The first-order valence-electron chi connectivity index (χ1n) is 8.83. The Hall–Kier alpha value is -2.93. The maximum Gasteiger partial charge on any atom is 0.231 e. The van der Waals surface area contributed by atoms with E-state index in [9.17, 15) is 10.3 Å². The van der Waals surface area contributed by atoms with Gasteiger partial charge in [0.25, 0.3) is 0 Å². The molecule has 2 aliphatic rings. The molecular formula is C20H22N2O5. The lowest BCUT2D eigenvalue weighted by atomic mass is 9.87. The van der Waals surface area contributed by atoms with Crippen molar-refractivity contribution in [2.75, 3.05) is 27.5 Å². The number of phenolic OH excluding ortho intramolecular Hbond substituents is 1. The number of ether oxygens (including phenoxy) is 3. The summed E-state index contributed by atoms with van der Waals surface area (Å²) in [5.74, 6) is 2.06. The fraction of sp³-hybridized carbons (Fsp3) is 0.350. The molecule has 142 valence electrons. The van der Waals surface area contributed by atoms with Crippen molar-refractivity contribution in [3.8, 4) is 23.0 Å². The van der Waals surface area contributed by atoms with Gasteiger partial charge < -0.3 is 24.5 Å². The maximum atomic E-state index is 10.2. The number of oxime groups is 1. The molecule has 2 N–H and O–H groups in total. The van der Waals surface area contributed by atoms with E-state index in [-0.39, 0.29) is 18.6 Å². The van der Waals surface area contributed by atoms with Gasteiger partial charge in [0.05, 0.1) is 12.8 Å². The zero-order valence-electron chi connectivity index (χ0n) is 15.3. The molecule has 2 aliphatic heterocycles. The highest BCUT2D eigenvalue weighted by Crippen LogP contribution is 2.50. The van der Waals surface area contributed by atoms with Crippen molar-refractivity contribution in [2.24, 2.45) is 5.16 Å². The number of likely N-dealkylation sites (N-methyl/N-ethyl adjacent to an activating group) is 1. The number of fused-ring (bicyclic) bond motifs is 2. The summed E-state index contributed by atoms with van der Waals surface area (Å²) in [7, 11) is 3.64. The first-order valence-corrected chi connectivity index (χ1v) is 8.83. The summed E-state index contributed by atoms with van der Waals surface area (Å²) < 4.78 is 16.9. The number of benzene rings is 2. The number of aromatic hydroxyl groups is 1. The number of nitrogens with zero attached hydrogens (tertiary/aromatic N) is 2. The van der Waals surface area contributed by atoms with Crippen LogP contribution in [0, 0.1) is 0 Å². The molecule has 0 fully saturated rings. The highest BCUT2D eigenvalue weighted by molar-refractivity contribution is 6.02. The van der Waals surface area contributed by atoms with E-state index < -0.39 is 0 Å². The van der Waals surface area contributed by atoms with E-state index in [0.717, 1.165) is 24.1 Å². The summed E-state index contributed by atoms with van der Waals surface area (Å²) in [6, 6.07) is 8.78.